The predicted octanol–water partition coefficient (Wildman–Crippen LogP) is -3.47. The van der Waals surface area contributed by atoms with Gasteiger partial charge in [-0.25, -0.2) is 14.6 Å². The van der Waals surface area contributed by atoms with Crippen LogP contribution in [0.25, 0.3) is 0 Å². The number of rotatable bonds is 14. The first-order valence-corrected chi connectivity index (χ1v) is 30.4. The molecule has 4 saturated carbocycles. The van der Waals surface area contributed by atoms with Gasteiger partial charge in [0.15, 0.2) is 37.4 Å². The molecule has 28 heteroatoms. The maximum Gasteiger partial charge on any atom is 0.335 e. The van der Waals surface area contributed by atoms with Crippen LogP contribution >= 0.6 is 0 Å². The third kappa shape index (κ3) is 11.0. The van der Waals surface area contributed by atoms with Crippen molar-refractivity contribution in [2.24, 2.45) is 50.2 Å². The molecule has 0 bridgehead atoms. The fourth-order valence-electron chi connectivity index (χ4n) is 17.4. The minimum absolute atomic E-state index is 0.0646. The Balaban J connectivity index is 0.862. The molecule has 5 heterocycles. The molecule has 16 N–H and O–H groups in total. The van der Waals surface area contributed by atoms with Gasteiger partial charge in [-0.1, -0.05) is 60.1 Å². The van der Waals surface area contributed by atoms with Crippen LogP contribution in [0.2, 0.25) is 0 Å². The highest BCUT2D eigenvalue weighted by molar-refractivity contribution is 5.73. The number of carboxylic acid groups (broad SMARTS) is 1. The Bertz CT molecular complexity index is 2410. The van der Waals surface area contributed by atoms with Gasteiger partial charge in [0.1, 0.15) is 91.6 Å². The molecule has 0 spiro atoms. The zero-order chi connectivity index (χ0) is 62.9. The van der Waals surface area contributed by atoms with Crippen LogP contribution in [0, 0.1) is 50.2 Å². The van der Waals surface area contributed by atoms with E-state index in [1.165, 1.54) is 12.5 Å². The van der Waals surface area contributed by atoms with Crippen LogP contribution in [-0.2, 0) is 57.2 Å². The molecular weight excluding hydrogens is 1140 g/mol. The number of hydrogen-bond acceptors (Lipinski definition) is 27. The molecule has 5 saturated heterocycles. The molecule has 2 unspecified atom stereocenters. The molecule has 0 aromatic carbocycles. The van der Waals surface area contributed by atoms with Gasteiger partial charge in [0.2, 0.25) is 6.29 Å². The second-order valence-electron chi connectivity index (χ2n) is 28.4. The van der Waals surface area contributed by atoms with Crippen molar-refractivity contribution < 1.29 is 139 Å². The van der Waals surface area contributed by atoms with E-state index in [2.05, 4.69) is 33.8 Å². The Morgan fingerprint density at radius 2 is 1.24 bits per heavy atom. The van der Waals surface area contributed by atoms with E-state index in [1.54, 1.807) is 0 Å². The summed E-state index contributed by atoms with van der Waals surface area (Å²) in [5, 5.41) is 174. The van der Waals surface area contributed by atoms with E-state index in [1.807, 2.05) is 20.8 Å². The topological polar surface area (TPSA) is 442 Å². The van der Waals surface area contributed by atoms with E-state index in [-0.39, 0.29) is 41.8 Å². The van der Waals surface area contributed by atoms with Gasteiger partial charge in [-0.2, -0.15) is 0 Å². The van der Waals surface area contributed by atoms with Crippen molar-refractivity contribution in [1.29, 1.82) is 0 Å². The number of ether oxygens (including phenoxy) is 9. The Morgan fingerprint density at radius 3 is 1.92 bits per heavy atom. The van der Waals surface area contributed by atoms with Crippen LogP contribution in [0.1, 0.15) is 107 Å². The van der Waals surface area contributed by atoms with Gasteiger partial charge in [-0.3, -0.25) is 0 Å². The summed E-state index contributed by atoms with van der Waals surface area (Å²) in [6.07, 6.45) is -34.2. The molecule has 10 rings (SSSR count). The van der Waals surface area contributed by atoms with Crippen molar-refractivity contribution >= 4 is 5.97 Å². The van der Waals surface area contributed by atoms with Crippen LogP contribution < -0.4 is 0 Å². The lowest BCUT2D eigenvalue weighted by molar-refractivity contribution is -0.472. The van der Waals surface area contributed by atoms with Crippen molar-refractivity contribution in [2.75, 3.05) is 26.4 Å². The average molecular weight is 1240 g/mol. The fraction of sp³-hybridized carbons (Fsp3) is 0.948. The third-order valence-corrected chi connectivity index (χ3v) is 23.2. The van der Waals surface area contributed by atoms with Crippen molar-refractivity contribution in [3.63, 3.8) is 0 Å². The Labute approximate surface area is 498 Å². The Morgan fingerprint density at radius 1 is 0.581 bits per heavy atom. The molecule has 494 valence electrons. The number of carboxylic acids is 1. The summed E-state index contributed by atoms with van der Waals surface area (Å²) in [6.45, 7) is 14.3. The maximum atomic E-state index is 12.6. The third-order valence-electron chi connectivity index (χ3n) is 23.2. The highest BCUT2D eigenvalue weighted by Crippen LogP contribution is 2.76. The lowest BCUT2D eigenvalue weighted by atomic mass is 9.33. The second kappa shape index (κ2) is 24.6. The molecule has 5 aliphatic heterocycles. The van der Waals surface area contributed by atoms with Crippen LogP contribution in [0.4, 0.5) is 0 Å². The van der Waals surface area contributed by atoms with Gasteiger partial charge >= 0.3 is 5.97 Å². The summed E-state index contributed by atoms with van der Waals surface area (Å²) >= 11 is 0. The molecule has 0 aromatic heterocycles. The summed E-state index contributed by atoms with van der Waals surface area (Å²) in [4.78, 5) is 23.3. The highest BCUT2D eigenvalue weighted by Gasteiger charge is 2.71. The number of hydrogen-bond donors (Lipinski definition) is 16. The number of fused-ring (bicyclic) bond motifs is 7. The zero-order valence-electron chi connectivity index (χ0n) is 49.9. The first-order chi connectivity index (χ1) is 40.2. The summed E-state index contributed by atoms with van der Waals surface area (Å²) in [5.41, 5.74) is -2.30. The number of aliphatic hydroxyl groups is 15. The van der Waals surface area contributed by atoms with E-state index in [0.717, 1.165) is 6.42 Å². The SMILES string of the molecule is C[C@@H]1O[C@@H](OO[C@H]2[C@H](O[C@H]3[C@H](O[C@H]4CC[C@@]5(C)[C@@H](CC[C@]6(C)[C@@H]5CC=C5[C@@H]7CC(C)(C)C(O)C(O[C@@H]8OC[C@H](O[C@@H]9O[C@H](CO)[C@@H](O)[C@H](O)[C@H]9O)[C@H](O)[C@H]8O)[C@]7(C)CC[C@]56C)[C@@]4(C)CO)O[C@H](C(=O)O)[C@@H](O)[C@@H]3O)OC[C@H](O)[C@@H]2O)[C@H](O)[C@H](O)[C@H]1O. The predicted molar refractivity (Wildman–Crippen MR) is 286 cm³/mol. The molecule has 0 radical (unpaired) electrons. The lowest BCUT2D eigenvalue weighted by Crippen LogP contribution is -2.69. The Hall–Kier alpha value is -1.83. The molecule has 86 heavy (non-hydrogen) atoms. The van der Waals surface area contributed by atoms with Crippen LogP contribution in [0.15, 0.2) is 11.6 Å². The molecule has 0 aromatic rings. The first kappa shape index (κ1) is 67.1. The standard InChI is InChI=1S/C58H94O28/c1-22-31(62)35(66)41(72)50(78-22)86-85-44-32(63)25(61)19-76-51(44)83-43-38(69)37(68)42(47(74)75)82-52(43)81-30-12-13-55(5)28(56(30,6)21-60)11-14-58(8)29(55)10-9-23-24-17-53(2,3)45(73)46(54(24,4)15-16-57(23,58)7)84-48-39(70)34(65)27(20-77-48)80-49-40(71)36(67)33(64)26(18-59)79-49/h9,22,24-46,48-52,59-73H,10-21H2,1-8H3,(H,74,75)/t22-,24-,25-,26+,27-,28+,29+,30-,31-,32-,33+,34-,35+,36-,37-,38-,39+,40+,41+,42-,43+,44+,45?,46?,48-,49-,50-,51-,52+,54+,55-,56+,57+,58+/m0/s1. The normalized spacial score (nSPS) is 55.7. The van der Waals surface area contributed by atoms with Gasteiger partial charge in [0, 0.05) is 10.8 Å². The summed E-state index contributed by atoms with van der Waals surface area (Å²) in [5.74, 6) is -1.88. The fourth-order valence-corrected chi connectivity index (χ4v) is 17.4. The van der Waals surface area contributed by atoms with E-state index >= 15 is 0 Å². The largest absolute Gasteiger partial charge is 0.479 e. The van der Waals surface area contributed by atoms with Gasteiger partial charge in [0.05, 0.1) is 50.8 Å². The summed E-state index contributed by atoms with van der Waals surface area (Å²) in [6, 6.07) is 0. The van der Waals surface area contributed by atoms with Gasteiger partial charge < -0.3 is 124 Å². The summed E-state index contributed by atoms with van der Waals surface area (Å²) in [7, 11) is 0. The molecule has 34 atom stereocenters. The zero-order valence-corrected chi connectivity index (χ0v) is 49.9. The van der Waals surface area contributed by atoms with E-state index in [0.29, 0.717) is 44.9 Å². The lowest BCUT2D eigenvalue weighted by Gasteiger charge is -2.72. The van der Waals surface area contributed by atoms with Gasteiger partial charge in [-0.15, -0.1) is 0 Å². The molecule has 0 amide bonds. The molecule has 5 aliphatic carbocycles. The number of aliphatic hydroxyl groups excluding tert-OH is 15. The minimum Gasteiger partial charge on any atom is -0.479 e. The van der Waals surface area contributed by atoms with Crippen LogP contribution in [0.3, 0.4) is 0 Å². The van der Waals surface area contributed by atoms with E-state index in [4.69, 9.17) is 52.4 Å². The molecule has 9 fully saturated rings. The van der Waals surface area contributed by atoms with E-state index < -0.39 is 200 Å². The second-order valence-corrected chi connectivity index (χ2v) is 28.4. The quantitative estimate of drug-likeness (QED) is 0.0348. The number of carbonyl (C=O) groups is 1. The average Bonchev–Trinajstić information content (AvgIpc) is 0.678. The van der Waals surface area contributed by atoms with Crippen molar-refractivity contribution in [3.05, 3.63) is 11.6 Å². The van der Waals surface area contributed by atoms with Crippen LogP contribution in [0.5, 0.6) is 0 Å². The number of aliphatic carboxylic acids is 1. The van der Waals surface area contributed by atoms with Gasteiger partial charge in [0.25, 0.3) is 0 Å². The highest BCUT2D eigenvalue weighted by atomic mass is 17.2. The van der Waals surface area contributed by atoms with Crippen molar-refractivity contribution in [1.82, 2.24) is 0 Å². The number of allylic oxidation sites excluding steroid dienone is 2. The van der Waals surface area contributed by atoms with Crippen molar-refractivity contribution in [2.45, 2.75) is 266 Å². The minimum atomic E-state index is -2.09. The molecule has 28 nitrogen and oxygen atoms in total. The van der Waals surface area contributed by atoms with E-state index in [9.17, 15) is 86.5 Å². The smallest absolute Gasteiger partial charge is 0.335 e. The van der Waals surface area contributed by atoms with Crippen LogP contribution in [-0.4, -0.2) is 274 Å². The van der Waals surface area contributed by atoms with Gasteiger partial charge in [-0.05, 0) is 97.7 Å². The van der Waals surface area contributed by atoms with Crippen molar-refractivity contribution in [3.8, 4) is 0 Å². The molecule has 10 aliphatic rings. The maximum absolute atomic E-state index is 12.6. The monoisotopic (exact) mass is 1240 g/mol. The Kier molecular flexibility index (Phi) is 19.2. The molecular formula is C58H94O28. The first-order valence-electron chi connectivity index (χ1n) is 30.4. The summed E-state index contributed by atoms with van der Waals surface area (Å²) < 4.78 is 54.0.